The highest BCUT2D eigenvalue weighted by atomic mass is 19.2. The van der Waals surface area contributed by atoms with E-state index >= 15 is 0 Å². The number of halogens is 2. The number of hydrogen-bond acceptors (Lipinski definition) is 3. The second-order valence-electron chi connectivity index (χ2n) is 5.40. The molecule has 0 spiro atoms. The number of nitrogens with zero attached hydrogens (tertiary/aromatic N) is 1. The van der Waals surface area contributed by atoms with Crippen LogP contribution in [0.4, 0.5) is 8.78 Å². The van der Waals surface area contributed by atoms with Gasteiger partial charge in [0.05, 0.1) is 11.5 Å². The smallest absolute Gasteiger partial charge is 0.314 e. The maximum Gasteiger partial charge on any atom is 0.314 e. The minimum atomic E-state index is -1.29. The predicted molar refractivity (Wildman–Crippen MR) is 72.4 cm³/mol. The van der Waals surface area contributed by atoms with Crippen LogP contribution in [0.5, 0.6) is 5.75 Å². The molecule has 1 aromatic rings. The van der Waals surface area contributed by atoms with Gasteiger partial charge in [0, 0.05) is 0 Å². The molecular formula is C16H17F2NO2. The molecule has 1 saturated carbocycles. The summed E-state index contributed by atoms with van der Waals surface area (Å²) in [4.78, 5) is 12.0. The molecule has 0 radical (unpaired) electrons. The van der Waals surface area contributed by atoms with E-state index in [0.29, 0.717) is 5.92 Å². The first kappa shape index (κ1) is 15.4. The number of carbonyl (C=O) groups is 1. The largest absolute Gasteiger partial charge is 0.423 e. The molecule has 0 bridgehead atoms. The van der Waals surface area contributed by atoms with E-state index in [1.807, 2.05) is 0 Å². The average Bonchev–Trinajstić information content (AvgIpc) is 2.52. The van der Waals surface area contributed by atoms with Crippen LogP contribution in [0, 0.1) is 34.8 Å². The molecule has 3 nitrogen and oxygen atoms in total. The molecule has 1 aromatic carbocycles. The van der Waals surface area contributed by atoms with Gasteiger partial charge in [0.25, 0.3) is 0 Å². The fourth-order valence-electron chi connectivity index (χ4n) is 2.70. The molecular weight excluding hydrogens is 276 g/mol. The van der Waals surface area contributed by atoms with Gasteiger partial charge in [0.15, 0.2) is 11.6 Å². The van der Waals surface area contributed by atoms with Crippen molar-refractivity contribution in [2.75, 3.05) is 0 Å². The molecule has 1 fully saturated rings. The number of rotatable bonds is 3. The summed E-state index contributed by atoms with van der Waals surface area (Å²) in [6, 6.07) is 3.76. The minimum absolute atomic E-state index is 0.258. The standard InChI is InChI=1S/C16H17F2NO2/c1-2-10-3-5-11(6-4-10)16(20)21-13-8-7-12(9-19)14(17)15(13)18/h7-8,10-11H,2-6H2,1H3. The minimum Gasteiger partial charge on any atom is -0.423 e. The lowest BCUT2D eigenvalue weighted by Crippen LogP contribution is -2.26. The molecule has 0 heterocycles. The highest BCUT2D eigenvalue weighted by Crippen LogP contribution is 2.32. The normalized spacial score (nSPS) is 21.6. The molecule has 0 unspecified atom stereocenters. The van der Waals surface area contributed by atoms with E-state index < -0.39 is 28.9 Å². The van der Waals surface area contributed by atoms with Gasteiger partial charge in [-0.1, -0.05) is 13.3 Å². The number of carbonyl (C=O) groups excluding carboxylic acids is 1. The molecule has 1 aliphatic rings. The Morgan fingerprint density at radius 2 is 1.95 bits per heavy atom. The summed E-state index contributed by atoms with van der Waals surface area (Å²) >= 11 is 0. The van der Waals surface area contributed by atoms with Gasteiger partial charge in [0.2, 0.25) is 5.82 Å². The first-order chi connectivity index (χ1) is 10.1. The highest BCUT2D eigenvalue weighted by Gasteiger charge is 2.28. The summed E-state index contributed by atoms with van der Waals surface area (Å²) in [5, 5.41) is 8.60. The molecule has 0 amide bonds. The summed E-state index contributed by atoms with van der Waals surface area (Å²) in [5.74, 6) is -3.16. The third kappa shape index (κ3) is 3.38. The van der Waals surface area contributed by atoms with E-state index in [0.717, 1.165) is 44.2 Å². The first-order valence-corrected chi connectivity index (χ1v) is 7.16. The van der Waals surface area contributed by atoms with Gasteiger partial charge < -0.3 is 4.74 Å². The van der Waals surface area contributed by atoms with Crippen LogP contribution in [0.1, 0.15) is 44.6 Å². The molecule has 0 aliphatic heterocycles. The molecule has 5 heteroatoms. The number of hydrogen-bond donors (Lipinski definition) is 0. The van der Waals surface area contributed by atoms with E-state index in [-0.39, 0.29) is 5.92 Å². The van der Waals surface area contributed by atoms with Crippen molar-refractivity contribution >= 4 is 5.97 Å². The zero-order chi connectivity index (χ0) is 15.4. The van der Waals surface area contributed by atoms with Crippen molar-refractivity contribution in [1.82, 2.24) is 0 Å². The van der Waals surface area contributed by atoms with Gasteiger partial charge in [-0.05, 0) is 43.7 Å². The van der Waals surface area contributed by atoms with Crippen LogP contribution < -0.4 is 4.74 Å². The molecule has 1 aliphatic carbocycles. The van der Waals surface area contributed by atoms with Crippen molar-refractivity contribution < 1.29 is 18.3 Å². The van der Waals surface area contributed by atoms with Crippen molar-refractivity contribution in [3.05, 3.63) is 29.3 Å². The summed E-state index contributed by atoms with van der Waals surface area (Å²) in [6.45, 7) is 2.12. The quantitative estimate of drug-likeness (QED) is 0.626. The molecule has 0 saturated heterocycles. The summed E-state index contributed by atoms with van der Waals surface area (Å²) in [7, 11) is 0. The summed E-state index contributed by atoms with van der Waals surface area (Å²) < 4.78 is 32.1. The molecule has 112 valence electrons. The third-order valence-corrected chi connectivity index (χ3v) is 4.14. The van der Waals surface area contributed by atoms with Gasteiger partial charge in [-0.25, -0.2) is 4.39 Å². The van der Waals surface area contributed by atoms with Gasteiger partial charge in [-0.2, -0.15) is 9.65 Å². The van der Waals surface area contributed by atoms with Crippen LogP contribution in [-0.4, -0.2) is 5.97 Å². The molecule has 0 aromatic heterocycles. The van der Waals surface area contributed by atoms with Crippen molar-refractivity contribution in [3.63, 3.8) is 0 Å². The Hall–Kier alpha value is -1.96. The molecule has 0 atom stereocenters. The van der Waals surface area contributed by atoms with E-state index in [2.05, 4.69) is 6.92 Å². The zero-order valence-corrected chi connectivity index (χ0v) is 11.9. The number of esters is 1. The Labute approximate surface area is 122 Å². The van der Waals surface area contributed by atoms with Gasteiger partial charge >= 0.3 is 5.97 Å². The monoisotopic (exact) mass is 293 g/mol. The number of nitriles is 1. The molecule has 2 rings (SSSR count). The average molecular weight is 293 g/mol. The predicted octanol–water partition coefficient (Wildman–Crippen LogP) is 3.96. The summed E-state index contributed by atoms with van der Waals surface area (Å²) in [5.41, 5.74) is -0.407. The third-order valence-electron chi connectivity index (χ3n) is 4.14. The Morgan fingerprint density at radius 3 is 2.52 bits per heavy atom. The first-order valence-electron chi connectivity index (χ1n) is 7.16. The SMILES string of the molecule is CCC1CCC(C(=O)Oc2ccc(C#N)c(F)c2F)CC1. The fourth-order valence-corrected chi connectivity index (χ4v) is 2.70. The number of ether oxygens (including phenoxy) is 1. The van der Waals surface area contributed by atoms with Crippen molar-refractivity contribution in [3.8, 4) is 11.8 Å². The summed E-state index contributed by atoms with van der Waals surface area (Å²) in [6.07, 6.45) is 4.45. The van der Waals surface area contributed by atoms with Crippen molar-refractivity contribution in [2.24, 2.45) is 11.8 Å². The zero-order valence-electron chi connectivity index (χ0n) is 11.9. The second kappa shape index (κ2) is 6.66. The topological polar surface area (TPSA) is 50.1 Å². The van der Waals surface area contributed by atoms with E-state index in [4.69, 9.17) is 10.00 Å². The van der Waals surface area contributed by atoms with E-state index in [1.54, 1.807) is 0 Å². The maximum absolute atomic E-state index is 13.7. The fraction of sp³-hybridized carbons (Fsp3) is 0.500. The van der Waals surface area contributed by atoms with Crippen LogP contribution in [0.15, 0.2) is 12.1 Å². The van der Waals surface area contributed by atoms with Gasteiger partial charge in [-0.3, -0.25) is 4.79 Å². The Balaban J connectivity index is 2.04. The lowest BCUT2D eigenvalue weighted by Gasteiger charge is -2.26. The van der Waals surface area contributed by atoms with Crippen LogP contribution in [0.2, 0.25) is 0 Å². The molecule has 21 heavy (non-hydrogen) atoms. The van der Waals surface area contributed by atoms with Crippen molar-refractivity contribution in [2.45, 2.75) is 39.0 Å². The van der Waals surface area contributed by atoms with Gasteiger partial charge in [-0.15, -0.1) is 0 Å². The maximum atomic E-state index is 13.7. The Morgan fingerprint density at radius 1 is 1.29 bits per heavy atom. The van der Waals surface area contributed by atoms with E-state index in [9.17, 15) is 13.6 Å². The van der Waals surface area contributed by atoms with Crippen LogP contribution in [-0.2, 0) is 4.79 Å². The lowest BCUT2D eigenvalue weighted by atomic mass is 9.81. The van der Waals surface area contributed by atoms with Crippen LogP contribution in [0.25, 0.3) is 0 Å². The Kier molecular flexibility index (Phi) is 4.89. The molecule has 0 N–H and O–H groups in total. The van der Waals surface area contributed by atoms with E-state index in [1.165, 1.54) is 6.07 Å². The van der Waals surface area contributed by atoms with Crippen molar-refractivity contribution in [1.29, 1.82) is 5.26 Å². The Bertz CT molecular complexity index is 572. The lowest BCUT2D eigenvalue weighted by molar-refractivity contribution is -0.140. The van der Waals surface area contributed by atoms with Gasteiger partial charge in [0.1, 0.15) is 6.07 Å². The highest BCUT2D eigenvalue weighted by molar-refractivity contribution is 5.75. The number of benzene rings is 1. The van der Waals surface area contributed by atoms with Crippen LogP contribution in [0.3, 0.4) is 0 Å². The van der Waals surface area contributed by atoms with Crippen LogP contribution >= 0.6 is 0 Å². The second-order valence-corrected chi connectivity index (χ2v) is 5.40.